The maximum atomic E-state index is 12.8. The minimum absolute atomic E-state index is 0.00845. The van der Waals surface area contributed by atoms with Crippen molar-refractivity contribution in [1.82, 2.24) is 4.90 Å². The van der Waals surface area contributed by atoms with E-state index in [-0.39, 0.29) is 18.2 Å². The average molecular weight is 377 g/mol. The van der Waals surface area contributed by atoms with Crippen LogP contribution in [0.25, 0.3) is 0 Å². The van der Waals surface area contributed by atoms with E-state index in [1.54, 1.807) is 49.9 Å². The van der Waals surface area contributed by atoms with Crippen molar-refractivity contribution in [3.8, 4) is 0 Å². The summed E-state index contributed by atoms with van der Waals surface area (Å²) in [5.41, 5.74) is 5.61. The summed E-state index contributed by atoms with van der Waals surface area (Å²) in [7, 11) is 0. The zero-order valence-electron chi connectivity index (χ0n) is 16.1. The van der Waals surface area contributed by atoms with Gasteiger partial charge < -0.3 is 20.8 Å². The van der Waals surface area contributed by atoms with Gasteiger partial charge in [0.25, 0.3) is 0 Å². The van der Waals surface area contributed by atoms with Gasteiger partial charge in [0.05, 0.1) is 5.54 Å². The Morgan fingerprint density at radius 2 is 1.93 bits per heavy atom. The second-order valence-corrected chi connectivity index (χ2v) is 8.10. The van der Waals surface area contributed by atoms with Gasteiger partial charge >= 0.3 is 12.1 Å². The van der Waals surface area contributed by atoms with Crippen LogP contribution < -0.4 is 5.73 Å². The molecule has 1 amide bonds. The molecule has 1 aromatic carbocycles. The number of amidine groups is 1. The molecule has 2 atom stereocenters. The number of rotatable bonds is 4. The van der Waals surface area contributed by atoms with Crippen LogP contribution in [0.5, 0.6) is 0 Å². The highest BCUT2D eigenvalue weighted by atomic mass is 16.6. The van der Waals surface area contributed by atoms with Gasteiger partial charge in [0.15, 0.2) is 5.84 Å². The SMILES string of the molecule is CC(C)(C)OC(=O)N1CC(CC(=O)O)CC1(C)c1ccc(C(N)=NO)cc1. The minimum atomic E-state index is -0.893. The molecule has 0 spiro atoms. The molecule has 1 aliphatic rings. The van der Waals surface area contributed by atoms with Crippen molar-refractivity contribution in [3.63, 3.8) is 0 Å². The van der Waals surface area contributed by atoms with Crippen LogP contribution in [0.1, 0.15) is 51.7 Å². The Morgan fingerprint density at radius 1 is 1.33 bits per heavy atom. The molecule has 0 saturated carbocycles. The van der Waals surface area contributed by atoms with Crippen molar-refractivity contribution >= 4 is 17.9 Å². The van der Waals surface area contributed by atoms with Crippen LogP contribution in [-0.4, -0.2) is 45.3 Å². The Balaban J connectivity index is 2.37. The quantitative estimate of drug-likeness (QED) is 0.321. The van der Waals surface area contributed by atoms with E-state index in [9.17, 15) is 9.59 Å². The van der Waals surface area contributed by atoms with Gasteiger partial charge in [-0.25, -0.2) is 4.79 Å². The van der Waals surface area contributed by atoms with Gasteiger partial charge in [0.1, 0.15) is 5.60 Å². The minimum Gasteiger partial charge on any atom is -0.481 e. The van der Waals surface area contributed by atoms with E-state index >= 15 is 0 Å². The summed E-state index contributed by atoms with van der Waals surface area (Å²) in [6, 6.07) is 7.00. The molecule has 8 heteroatoms. The summed E-state index contributed by atoms with van der Waals surface area (Å²) in [6.45, 7) is 7.58. The first kappa shape index (κ1) is 20.5. The molecule has 1 aliphatic heterocycles. The zero-order chi connectivity index (χ0) is 20.4. The number of carboxylic acid groups (broad SMARTS) is 1. The lowest BCUT2D eigenvalue weighted by atomic mass is 9.85. The Morgan fingerprint density at radius 3 is 2.41 bits per heavy atom. The lowest BCUT2D eigenvalue weighted by molar-refractivity contribution is -0.138. The lowest BCUT2D eigenvalue weighted by Crippen LogP contribution is -2.45. The lowest BCUT2D eigenvalue weighted by Gasteiger charge is -2.36. The van der Waals surface area contributed by atoms with E-state index in [0.29, 0.717) is 18.5 Å². The van der Waals surface area contributed by atoms with Crippen molar-refractivity contribution in [1.29, 1.82) is 0 Å². The van der Waals surface area contributed by atoms with Gasteiger partial charge in [-0.2, -0.15) is 0 Å². The van der Waals surface area contributed by atoms with E-state index in [4.69, 9.17) is 20.8 Å². The van der Waals surface area contributed by atoms with Crippen molar-refractivity contribution < 1.29 is 24.6 Å². The Labute approximate surface area is 158 Å². The van der Waals surface area contributed by atoms with Crippen molar-refractivity contribution in [2.45, 2.75) is 51.7 Å². The predicted molar refractivity (Wildman–Crippen MR) is 99.6 cm³/mol. The number of aliphatic carboxylic acids is 1. The Hall–Kier alpha value is -2.77. The number of carbonyl (C=O) groups is 2. The van der Waals surface area contributed by atoms with Crippen LogP contribution in [0.4, 0.5) is 4.79 Å². The number of carboxylic acids is 1. The summed E-state index contributed by atoms with van der Waals surface area (Å²) < 4.78 is 5.54. The molecule has 0 radical (unpaired) electrons. The zero-order valence-corrected chi connectivity index (χ0v) is 16.1. The molecule has 0 aromatic heterocycles. The fraction of sp³-hybridized carbons (Fsp3) is 0.526. The Bertz CT molecular complexity index is 739. The van der Waals surface area contributed by atoms with Gasteiger partial charge in [-0.1, -0.05) is 29.4 Å². The van der Waals surface area contributed by atoms with Crippen LogP contribution in [0.2, 0.25) is 0 Å². The summed E-state index contributed by atoms with van der Waals surface area (Å²) in [5, 5.41) is 20.9. The van der Waals surface area contributed by atoms with Crippen molar-refractivity contribution in [2.75, 3.05) is 6.54 Å². The number of nitrogens with zero attached hydrogens (tertiary/aromatic N) is 2. The molecule has 0 aliphatic carbocycles. The highest BCUT2D eigenvalue weighted by molar-refractivity contribution is 5.97. The molecule has 1 fully saturated rings. The van der Waals surface area contributed by atoms with E-state index in [2.05, 4.69) is 5.16 Å². The van der Waals surface area contributed by atoms with E-state index in [0.717, 1.165) is 5.56 Å². The molecule has 0 bridgehead atoms. The summed E-state index contributed by atoms with van der Waals surface area (Å²) >= 11 is 0. The molecule has 1 saturated heterocycles. The largest absolute Gasteiger partial charge is 0.481 e. The number of amides is 1. The second-order valence-electron chi connectivity index (χ2n) is 8.10. The number of hydrogen-bond donors (Lipinski definition) is 3. The third-order valence-corrected chi connectivity index (χ3v) is 4.71. The molecular formula is C19H27N3O5. The van der Waals surface area contributed by atoms with Gasteiger partial charge in [-0.05, 0) is 45.6 Å². The van der Waals surface area contributed by atoms with Gasteiger partial charge in [0.2, 0.25) is 0 Å². The summed E-state index contributed by atoms with van der Waals surface area (Å²) in [6.07, 6.45) is 0.0110. The topological polar surface area (TPSA) is 125 Å². The number of nitrogens with two attached hydrogens (primary N) is 1. The fourth-order valence-electron chi connectivity index (χ4n) is 3.50. The number of hydrogen-bond acceptors (Lipinski definition) is 5. The third kappa shape index (κ3) is 4.69. The predicted octanol–water partition coefficient (Wildman–Crippen LogP) is 2.73. The fourth-order valence-corrected chi connectivity index (χ4v) is 3.50. The van der Waals surface area contributed by atoms with Crippen LogP contribution in [0.3, 0.4) is 0 Å². The van der Waals surface area contributed by atoms with Gasteiger partial charge in [-0.15, -0.1) is 0 Å². The molecule has 1 heterocycles. The molecule has 27 heavy (non-hydrogen) atoms. The van der Waals surface area contributed by atoms with Crippen LogP contribution in [0, 0.1) is 5.92 Å². The standard InChI is InChI=1S/C19H27N3O5/c1-18(2,3)27-17(25)22-11-12(9-15(23)24)10-19(22,4)14-7-5-13(6-8-14)16(20)21-26/h5-8,12,26H,9-11H2,1-4H3,(H2,20,21)(H,23,24). The van der Waals surface area contributed by atoms with E-state index in [1.807, 2.05) is 6.92 Å². The monoisotopic (exact) mass is 377 g/mol. The molecule has 1 aromatic rings. The Kier molecular flexibility index (Phi) is 5.67. The number of oxime groups is 1. The normalized spacial score (nSPS) is 23.3. The van der Waals surface area contributed by atoms with Crippen LogP contribution >= 0.6 is 0 Å². The van der Waals surface area contributed by atoms with Gasteiger partial charge in [0, 0.05) is 18.5 Å². The van der Waals surface area contributed by atoms with E-state index in [1.165, 1.54) is 0 Å². The maximum Gasteiger partial charge on any atom is 0.411 e. The molecular weight excluding hydrogens is 350 g/mol. The third-order valence-electron chi connectivity index (χ3n) is 4.71. The van der Waals surface area contributed by atoms with Crippen molar-refractivity contribution in [3.05, 3.63) is 35.4 Å². The molecule has 8 nitrogen and oxygen atoms in total. The first-order valence-electron chi connectivity index (χ1n) is 8.77. The van der Waals surface area contributed by atoms with Crippen LogP contribution in [-0.2, 0) is 15.1 Å². The number of carbonyl (C=O) groups excluding carboxylic acids is 1. The second kappa shape index (κ2) is 7.46. The highest BCUT2D eigenvalue weighted by Crippen LogP contribution is 2.43. The first-order chi connectivity index (χ1) is 12.5. The van der Waals surface area contributed by atoms with Crippen molar-refractivity contribution in [2.24, 2.45) is 16.8 Å². The molecule has 4 N–H and O–H groups in total. The molecule has 148 valence electrons. The molecule has 2 unspecified atom stereocenters. The number of likely N-dealkylation sites (tertiary alicyclic amines) is 1. The number of ether oxygens (including phenoxy) is 1. The first-order valence-corrected chi connectivity index (χ1v) is 8.77. The summed E-state index contributed by atoms with van der Waals surface area (Å²) in [4.78, 5) is 25.6. The van der Waals surface area contributed by atoms with E-state index < -0.39 is 23.2 Å². The summed E-state index contributed by atoms with van der Waals surface area (Å²) in [5.74, 6) is -1.08. The smallest absolute Gasteiger partial charge is 0.411 e. The maximum absolute atomic E-state index is 12.8. The van der Waals surface area contributed by atoms with Gasteiger partial charge in [-0.3, -0.25) is 9.69 Å². The molecule has 2 rings (SSSR count). The highest BCUT2D eigenvalue weighted by Gasteiger charge is 2.47. The van der Waals surface area contributed by atoms with Crippen LogP contribution in [0.15, 0.2) is 29.4 Å². The average Bonchev–Trinajstić information content (AvgIpc) is 2.89. The number of benzene rings is 1.